The summed E-state index contributed by atoms with van der Waals surface area (Å²) in [6, 6.07) is 0. The molecule has 9 fully saturated rings. The maximum Gasteiger partial charge on any atom is 0.410 e. The SMILES string of the molecule is CC(C)(C)OC(=O)N1CC(C23CC(C(=O)NN)(C2)C3)C1.CC(C)(C)OC(=O)N1CC(C23CC(c4nnc(C5(C(F)(F)F)CC5)[nH]4)(C2)C3)C1. The van der Waals surface area contributed by atoms with Gasteiger partial charge >= 0.3 is 18.4 Å². The van der Waals surface area contributed by atoms with E-state index in [-0.39, 0.29) is 58.4 Å². The molecule has 1 aromatic rings. The van der Waals surface area contributed by atoms with Crippen molar-refractivity contribution in [2.45, 2.75) is 121 Å². The van der Waals surface area contributed by atoms with Gasteiger partial charge in [-0.2, -0.15) is 13.2 Å². The Balaban J connectivity index is 0.000000161. The molecule has 0 aromatic carbocycles. The first-order chi connectivity index (χ1) is 22.1. The summed E-state index contributed by atoms with van der Waals surface area (Å²) in [4.78, 5) is 42.0. The molecule has 4 N–H and O–H groups in total. The molecule has 0 unspecified atom stereocenters. The number of amides is 3. The fourth-order valence-electron chi connectivity index (χ4n) is 9.42. The van der Waals surface area contributed by atoms with Crippen LogP contribution in [0.1, 0.15) is 105 Å². The minimum absolute atomic E-state index is 0.0199. The zero-order valence-corrected chi connectivity index (χ0v) is 28.7. The molecule has 7 saturated carbocycles. The number of hydrogen-bond donors (Lipinski definition) is 3. The summed E-state index contributed by atoms with van der Waals surface area (Å²) < 4.78 is 50.6. The minimum atomic E-state index is -4.28. The van der Waals surface area contributed by atoms with E-state index in [2.05, 4.69) is 20.6 Å². The number of nitrogens with one attached hydrogen (secondary N) is 2. The first-order valence-electron chi connectivity index (χ1n) is 17.1. The smallest absolute Gasteiger partial charge is 0.410 e. The molecule has 4 bridgehead atoms. The molecule has 1 aromatic heterocycles. The van der Waals surface area contributed by atoms with E-state index in [1.165, 1.54) is 0 Å². The standard InChI is InChI=1S/C19H25F3N4O2.C14H23N3O3/c1-15(2,3)28-14(27)26-6-11(7-26)16-8-17(9-16,10-16)12-23-13(25-24-12)18(4-5-18)19(20,21)22;1-12(2,3)20-11(19)17-4-9(5-17)13-6-14(7-13,8-13)10(18)16-15/h11H,4-10H2,1-3H3,(H,23,24,25);9H,4-8,15H2,1-3H3,(H,16,18). The Hall–Kier alpha value is -3.10. The summed E-state index contributed by atoms with van der Waals surface area (Å²) in [5.74, 6) is 6.73. The quantitative estimate of drug-likeness (QED) is 0.230. The summed E-state index contributed by atoms with van der Waals surface area (Å²) in [6.07, 6.45) is 0.932. The highest BCUT2D eigenvalue weighted by molar-refractivity contribution is 5.86. The van der Waals surface area contributed by atoms with Crippen LogP contribution in [0.15, 0.2) is 0 Å². The van der Waals surface area contributed by atoms with Crippen LogP contribution in [0, 0.1) is 28.1 Å². The number of carbonyl (C=O) groups excluding carboxylic acids is 3. The van der Waals surface area contributed by atoms with Gasteiger partial charge in [-0.3, -0.25) is 10.2 Å². The van der Waals surface area contributed by atoms with Crippen molar-refractivity contribution in [3.63, 3.8) is 0 Å². The van der Waals surface area contributed by atoms with Gasteiger partial charge in [0.2, 0.25) is 5.91 Å². The van der Waals surface area contributed by atoms with Crippen LogP contribution in [0.4, 0.5) is 22.8 Å². The summed E-state index contributed by atoms with van der Waals surface area (Å²) in [5.41, 5.74) is -0.327. The number of alkyl halides is 3. The van der Waals surface area contributed by atoms with Gasteiger partial charge in [0, 0.05) is 43.4 Å². The molecular formula is C33H48F3N7O5. The fraction of sp³-hybridized carbons (Fsp3) is 0.848. The summed E-state index contributed by atoms with van der Waals surface area (Å²) in [5, 5.41) is 7.96. The van der Waals surface area contributed by atoms with Gasteiger partial charge in [-0.15, -0.1) is 10.2 Å². The number of carbonyl (C=O) groups is 3. The van der Waals surface area contributed by atoms with Gasteiger partial charge in [0.1, 0.15) is 28.3 Å². The first-order valence-corrected chi connectivity index (χ1v) is 17.1. The van der Waals surface area contributed by atoms with Crippen LogP contribution in [-0.2, 0) is 25.1 Å². The number of aromatic nitrogens is 3. The van der Waals surface area contributed by atoms with Crippen LogP contribution in [0.25, 0.3) is 0 Å². The summed E-state index contributed by atoms with van der Waals surface area (Å²) in [6.45, 7) is 14.1. The van der Waals surface area contributed by atoms with Gasteiger partial charge in [-0.05, 0) is 104 Å². The van der Waals surface area contributed by atoms with E-state index < -0.39 is 22.8 Å². The number of halogens is 3. The average Bonchev–Trinajstić information content (AvgIpc) is 3.48. The van der Waals surface area contributed by atoms with Crippen molar-refractivity contribution in [2.24, 2.45) is 33.9 Å². The number of likely N-dealkylation sites (tertiary alicyclic amines) is 2. The van der Waals surface area contributed by atoms with Gasteiger partial charge in [0.25, 0.3) is 0 Å². The number of rotatable bonds is 5. The van der Waals surface area contributed by atoms with E-state index >= 15 is 0 Å². The number of nitrogens with two attached hydrogens (primary N) is 1. The van der Waals surface area contributed by atoms with Crippen molar-refractivity contribution in [1.29, 1.82) is 0 Å². The topological polar surface area (TPSA) is 156 Å². The second kappa shape index (κ2) is 10.00. The number of nitrogens with zero attached hydrogens (tertiary/aromatic N) is 4. The van der Waals surface area contributed by atoms with Crippen molar-refractivity contribution in [3.8, 4) is 0 Å². The normalized spacial score (nSPS) is 34.4. The molecule has 3 heterocycles. The van der Waals surface area contributed by atoms with Crippen molar-refractivity contribution in [1.82, 2.24) is 30.4 Å². The molecule has 2 saturated heterocycles. The molecule has 7 aliphatic carbocycles. The molecule has 0 radical (unpaired) electrons. The Kier molecular flexibility index (Phi) is 6.96. The van der Waals surface area contributed by atoms with Crippen molar-refractivity contribution < 1.29 is 37.0 Å². The molecule has 266 valence electrons. The van der Waals surface area contributed by atoms with E-state index in [1.54, 1.807) is 9.80 Å². The molecule has 12 nitrogen and oxygen atoms in total. The van der Waals surface area contributed by atoms with E-state index in [9.17, 15) is 27.6 Å². The third-order valence-electron chi connectivity index (χ3n) is 12.3. The average molecular weight is 680 g/mol. The Morgan fingerprint density at radius 3 is 1.56 bits per heavy atom. The molecule has 3 amide bonds. The summed E-state index contributed by atoms with van der Waals surface area (Å²) >= 11 is 0. The van der Waals surface area contributed by atoms with Crippen LogP contribution >= 0.6 is 0 Å². The Labute approximate surface area is 278 Å². The predicted octanol–water partition coefficient (Wildman–Crippen LogP) is 4.70. The van der Waals surface area contributed by atoms with Crippen LogP contribution in [0.3, 0.4) is 0 Å². The van der Waals surface area contributed by atoms with Gasteiger partial charge in [-0.25, -0.2) is 15.4 Å². The molecule has 0 atom stereocenters. The number of ether oxygens (including phenoxy) is 2. The van der Waals surface area contributed by atoms with E-state index in [1.807, 2.05) is 41.5 Å². The molecular weight excluding hydrogens is 631 g/mol. The van der Waals surface area contributed by atoms with Crippen LogP contribution < -0.4 is 11.3 Å². The number of hydrazine groups is 1. The third-order valence-corrected chi connectivity index (χ3v) is 12.3. The second-order valence-electron chi connectivity index (χ2n) is 18.1. The Morgan fingerprint density at radius 1 is 0.771 bits per heavy atom. The maximum atomic E-state index is 13.3. The molecule has 0 spiro atoms. The molecule has 48 heavy (non-hydrogen) atoms. The molecule has 2 aliphatic heterocycles. The Bertz CT molecular complexity index is 1470. The van der Waals surface area contributed by atoms with Crippen molar-refractivity contribution >= 4 is 18.1 Å². The lowest BCUT2D eigenvalue weighted by molar-refractivity contribution is -0.246. The van der Waals surface area contributed by atoms with E-state index in [0.29, 0.717) is 30.7 Å². The zero-order valence-electron chi connectivity index (χ0n) is 28.7. The highest BCUT2D eigenvalue weighted by Gasteiger charge is 2.75. The van der Waals surface area contributed by atoms with Crippen LogP contribution in [0.2, 0.25) is 0 Å². The van der Waals surface area contributed by atoms with Crippen LogP contribution in [-0.4, -0.2) is 86.6 Å². The van der Waals surface area contributed by atoms with E-state index in [0.717, 1.165) is 51.6 Å². The lowest BCUT2D eigenvalue weighted by atomic mass is 9.31. The minimum Gasteiger partial charge on any atom is -0.444 e. The number of hydrogen-bond acceptors (Lipinski definition) is 8. The summed E-state index contributed by atoms with van der Waals surface area (Å²) in [7, 11) is 0. The highest BCUT2D eigenvalue weighted by atomic mass is 19.4. The lowest BCUT2D eigenvalue weighted by Gasteiger charge is -2.74. The fourth-order valence-corrected chi connectivity index (χ4v) is 9.42. The van der Waals surface area contributed by atoms with Crippen molar-refractivity contribution in [3.05, 3.63) is 11.6 Å². The maximum absolute atomic E-state index is 13.3. The molecule has 10 rings (SSSR count). The van der Waals surface area contributed by atoms with Gasteiger partial charge < -0.3 is 24.3 Å². The third kappa shape index (κ3) is 5.07. The predicted molar refractivity (Wildman–Crippen MR) is 165 cm³/mol. The van der Waals surface area contributed by atoms with Crippen molar-refractivity contribution in [2.75, 3.05) is 26.2 Å². The van der Waals surface area contributed by atoms with Gasteiger partial charge in [0.05, 0.1) is 5.41 Å². The Morgan fingerprint density at radius 2 is 1.19 bits per heavy atom. The van der Waals surface area contributed by atoms with Crippen LogP contribution in [0.5, 0.6) is 0 Å². The monoisotopic (exact) mass is 679 g/mol. The molecule has 9 aliphatic rings. The molecule has 15 heteroatoms. The highest BCUT2D eigenvalue weighted by Crippen LogP contribution is 2.78. The number of aromatic amines is 1. The van der Waals surface area contributed by atoms with Gasteiger partial charge in [-0.1, -0.05) is 0 Å². The van der Waals surface area contributed by atoms with Gasteiger partial charge in [0.15, 0.2) is 0 Å². The number of H-pyrrole nitrogens is 1. The first kappa shape index (κ1) is 33.4. The largest absolute Gasteiger partial charge is 0.444 e. The second-order valence-corrected chi connectivity index (χ2v) is 18.1. The zero-order chi connectivity index (χ0) is 34.9. The lowest BCUT2D eigenvalue weighted by Crippen LogP contribution is -2.75. The van der Waals surface area contributed by atoms with E-state index in [4.69, 9.17) is 15.3 Å².